The summed E-state index contributed by atoms with van der Waals surface area (Å²) in [5.41, 5.74) is 1.95. The predicted molar refractivity (Wildman–Crippen MR) is 70.1 cm³/mol. The van der Waals surface area contributed by atoms with E-state index in [1.165, 1.54) is 6.33 Å². The quantitative estimate of drug-likeness (QED) is 0.749. The van der Waals surface area contributed by atoms with Crippen molar-refractivity contribution in [1.29, 1.82) is 0 Å². The molecule has 2 heterocycles. The highest BCUT2D eigenvalue weighted by atomic mass is 35.5. The van der Waals surface area contributed by atoms with Gasteiger partial charge in [-0.15, -0.1) is 0 Å². The number of aromatic amines is 1. The zero-order chi connectivity index (χ0) is 12.5. The first-order valence-electron chi connectivity index (χ1n) is 5.37. The fourth-order valence-corrected chi connectivity index (χ4v) is 2.33. The zero-order valence-corrected chi connectivity index (χ0v) is 10.8. The summed E-state index contributed by atoms with van der Waals surface area (Å²) in [6.07, 6.45) is 2.02. The molecule has 18 heavy (non-hydrogen) atoms. The van der Waals surface area contributed by atoms with Crippen molar-refractivity contribution in [1.82, 2.24) is 19.7 Å². The van der Waals surface area contributed by atoms with Crippen molar-refractivity contribution in [2.75, 3.05) is 0 Å². The molecule has 7 heteroatoms. The minimum atomic E-state index is 0.591. The van der Waals surface area contributed by atoms with Crippen LogP contribution in [-0.4, -0.2) is 19.7 Å². The second-order valence-electron chi connectivity index (χ2n) is 3.83. The lowest BCUT2D eigenvalue weighted by Gasteiger charge is -2.02. The Kier molecular flexibility index (Phi) is 2.89. The largest absolute Gasteiger partial charge is 0.340 e. The number of nitrogens with one attached hydrogen (secondary N) is 1. The Bertz CT molecular complexity index is 731. The van der Waals surface area contributed by atoms with Gasteiger partial charge in [-0.25, -0.2) is 0 Å². The van der Waals surface area contributed by atoms with Gasteiger partial charge in [0.1, 0.15) is 0 Å². The van der Waals surface area contributed by atoms with Gasteiger partial charge in [0.05, 0.1) is 11.0 Å². The highest BCUT2D eigenvalue weighted by Gasteiger charge is 2.07. The van der Waals surface area contributed by atoms with E-state index in [0.29, 0.717) is 28.7 Å². The lowest BCUT2D eigenvalue weighted by Crippen LogP contribution is -2.01. The predicted octanol–water partition coefficient (Wildman–Crippen LogP) is 2.98. The van der Waals surface area contributed by atoms with E-state index >= 15 is 0 Å². The number of hydrogen-bond donors (Lipinski definition) is 1. The molecule has 3 rings (SSSR count). The van der Waals surface area contributed by atoms with Crippen molar-refractivity contribution < 1.29 is 4.52 Å². The van der Waals surface area contributed by atoms with Gasteiger partial charge in [0.25, 0.3) is 0 Å². The second kappa shape index (κ2) is 4.55. The average molecular weight is 281 g/mol. The maximum Gasteiger partial charge on any atom is 0.228 e. The monoisotopic (exact) mass is 280 g/mol. The van der Waals surface area contributed by atoms with Crippen LogP contribution in [0.15, 0.2) is 29.0 Å². The number of benzene rings is 1. The Morgan fingerprint density at radius 1 is 1.44 bits per heavy atom. The van der Waals surface area contributed by atoms with Gasteiger partial charge in [-0.2, -0.15) is 4.98 Å². The van der Waals surface area contributed by atoms with Gasteiger partial charge in [-0.3, -0.25) is 0 Å². The van der Waals surface area contributed by atoms with E-state index in [-0.39, 0.29) is 0 Å². The van der Waals surface area contributed by atoms with Gasteiger partial charge in [0, 0.05) is 18.0 Å². The number of imidazole rings is 1. The molecule has 2 aromatic heterocycles. The Hall–Kier alpha value is -1.66. The third-order valence-electron chi connectivity index (χ3n) is 2.69. The third kappa shape index (κ3) is 2.04. The van der Waals surface area contributed by atoms with Crippen LogP contribution in [0.25, 0.3) is 11.0 Å². The highest BCUT2D eigenvalue weighted by Crippen LogP contribution is 2.19. The molecule has 0 saturated carbocycles. The first-order chi connectivity index (χ1) is 8.74. The average Bonchev–Trinajstić information content (AvgIpc) is 2.94. The van der Waals surface area contributed by atoms with Crippen molar-refractivity contribution in [3.05, 3.63) is 40.2 Å². The maximum atomic E-state index is 6.00. The molecule has 0 bridgehead atoms. The summed E-state index contributed by atoms with van der Waals surface area (Å²) in [7, 11) is 0. The van der Waals surface area contributed by atoms with Crippen LogP contribution in [0.4, 0.5) is 0 Å². The molecular weight excluding hydrogens is 272 g/mol. The molecule has 5 nitrogen and oxygen atoms in total. The first-order valence-corrected chi connectivity index (χ1v) is 6.16. The third-order valence-corrected chi connectivity index (χ3v) is 3.25. The summed E-state index contributed by atoms with van der Waals surface area (Å²) in [5.74, 6) is 0.591. The van der Waals surface area contributed by atoms with E-state index in [1.807, 2.05) is 22.8 Å². The molecule has 3 aromatic rings. The SMILES string of the molecule is S=c1[nH]c2ccc(Cl)cc2n1CCc1ncno1. The van der Waals surface area contributed by atoms with Crippen LogP contribution in [0.3, 0.4) is 0 Å². The molecule has 0 spiro atoms. The van der Waals surface area contributed by atoms with Crippen molar-refractivity contribution in [2.24, 2.45) is 0 Å². The van der Waals surface area contributed by atoms with Gasteiger partial charge in [0.15, 0.2) is 11.1 Å². The van der Waals surface area contributed by atoms with Crippen LogP contribution in [0, 0.1) is 4.77 Å². The van der Waals surface area contributed by atoms with Crippen molar-refractivity contribution in [3.63, 3.8) is 0 Å². The van der Waals surface area contributed by atoms with Crippen LogP contribution in [0.1, 0.15) is 5.89 Å². The number of aryl methyl sites for hydroxylation is 2. The maximum absolute atomic E-state index is 6.00. The smallest absolute Gasteiger partial charge is 0.228 e. The molecule has 92 valence electrons. The van der Waals surface area contributed by atoms with Crippen LogP contribution in [0.2, 0.25) is 5.02 Å². The Labute approximate surface area is 112 Å². The van der Waals surface area contributed by atoms with Gasteiger partial charge in [-0.05, 0) is 30.4 Å². The standard InChI is InChI=1S/C11H9ClN4OS/c12-7-1-2-8-9(5-7)16(11(18)15-8)4-3-10-13-6-14-17-10/h1-2,5-6H,3-4H2,(H,15,18). The Balaban J connectivity index is 1.98. The number of fused-ring (bicyclic) bond motifs is 1. The first kappa shape index (κ1) is 11.4. The van der Waals surface area contributed by atoms with E-state index in [2.05, 4.69) is 15.1 Å². The van der Waals surface area contributed by atoms with Crippen molar-refractivity contribution in [3.8, 4) is 0 Å². The second-order valence-corrected chi connectivity index (χ2v) is 4.65. The number of hydrogen-bond acceptors (Lipinski definition) is 4. The Morgan fingerprint density at radius 3 is 3.11 bits per heavy atom. The molecule has 0 aliphatic heterocycles. The molecule has 0 unspecified atom stereocenters. The molecule has 0 aliphatic rings. The van der Waals surface area contributed by atoms with E-state index in [9.17, 15) is 0 Å². The van der Waals surface area contributed by atoms with Crippen LogP contribution >= 0.6 is 23.8 Å². The summed E-state index contributed by atoms with van der Waals surface area (Å²) in [6, 6.07) is 5.63. The minimum Gasteiger partial charge on any atom is -0.340 e. The molecular formula is C11H9ClN4OS. The van der Waals surface area contributed by atoms with Gasteiger partial charge in [-0.1, -0.05) is 16.8 Å². The molecule has 0 saturated heterocycles. The summed E-state index contributed by atoms with van der Waals surface area (Å²) in [6.45, 7) is 0.668. The van der Waals surface area contributed by atoms with Crippen LogP contribution in [-0.2, 0) is 13.0 Å². The van der Waals surface area contributed by atoms with E-state index in [1.54, 1.807) is 0 Å². The van der Waals surface area contributed by atoms with Gasteiger partial charge in [0.2, 0.25) is 5.89 Å². The number of H-pyrrole nitrogens is 1. The van der Waals surface area contributed by atoms with Gasteiger partial charge >= 0.3 is 0 Å². The van der Waals surface area contributed by atoms with E-state index in [0.717, 1.165) is 11.0 Å². The van der Waals surface area contributed by atoms with Crippen molar-refractivity contribution in [2.45, 2.75) is 13.0 Å². The summed E-state index contributed by atoms with van der Waals surface area (Å²) in [5, 5.41) is 4.25. The number of aromatic nitrogens is 4. The van der Waals surface area contributed by atoms with Crippen LogP contribution in [0.5, 0.6) is 0 Å². The normalized spacial score (nSPS) is 11.2. The summed E-state index contributed by atoms with van der Waals surface area (Å²) < 4.78 is 7.59. The lowest BCUT2D eigenvalue weighted by atomic mass is 10.3. The number of nitrogens with zero attached hydrogens (tertiary/aromatic N) is 3. The minimum absolute atomic E-state index is 0.591. The summed E-state index contributed by atoms with van der Waals surface area (Å²) >= 11 is 11.3. The lowest BCUT2D eigenvalue weighted by molar-refractivity contribution is 0.371. The molecule has 0 radical (unpaired) electrons. The topological polar surface area (TPSA) is 59.6 Å². The van der Waals surface area contributed by atoms with Crippen molar-refractivity contribution >= 4 is 34.9 Å². The fraction of sp³-hybridized carbons (Fsp3) is 0.182. The molecule has 1 N–H and O–H groups in total. The van der Waals surface area contributed by atoms with E-state index < -0.39 is 0 Å². The number of rotatable bonds is 3. The molecule has 0 aliphatic carbocycles. The van der Waals surface area contributed by atoms with E-state index in [4.69, 9.17) is 28.3 Å². The zero-order valence-electron chi connectivity index (χ0n) is 9.26. The highest BCUT2D eigenvalue weighted by molar-refractivity contribution is 7.71. The summed E-state index contributed by atoms with van der Waals surface area (Å²) in [4.78, 5) is 7.12. The molecule has 0 amide bonds. The van der Waals surface area contributed by atoms with Gasteiger partial charge < -0.3 is 14.1 Å². The fourth-order valence-electron chi connectivity index (χ4n) is 1.86. The number of halogens is 1. The molecule has 1 aromatic carbocycles. The van der Waals surface area contributed by atoms with Crippen LogP contribution < -0.4 is 0 Å². The molecule has 0 atom stereocenters. The molecule has 0 fully saturated rings. The Morgan fingerprint density at radius 2 is 2.33 bits per heavy atom.